The van der Waals surface area contributed by atoms with Crippen LogP contribution in [0.3, 0.4) is 0 Å². The van der Waals surface area contributed by atoms with Crippen molar-refractivity contribution >= 4 is 18.0 Å². The summed E-state index contributed by atoms with van der Waals surface area (Å²) in [4.78, 5) is 31.0. The lowest BCUT2D eigenvalue weighted by Crippen LogP contribution is -2.24. The van der Waals surface area contributed by atoms with Gasteiger partial charge in [0.1, 0.15) is 6.29 Å². The molecule has 1 atom stereocenters. The van der Waals surface area contributed by atoms with Gasteiger partial charge in [-0.05, 0) is 18.1 Å². The van der Waals surface area contributed by atoms with Crippen LogP contribution in [0.25, 0.3) is 0 Å². The highest BCUT2D eigenvalue weighted by Gasteiger charge is 2.24. The number of carbonyl (C=O) groups excluding carboxylic acids is 3. The van der Waals surface area contributed by atoms with Crippen molar-refractivity contribution in [1.82, 2.24) is 0 Å². The van der Waals surface area contributed by atoms with Crippen LogP contribution >= 0.6 is 0 Å². The van der Waals surface area contributed by atoms with Gasteiger partial charge in [-0.15, -0.1) is 0 Å². The van der Waals surface area contributed by atoms with Gasteiger partial charge in [-0.2, -0.15) is 0 Å². The zero-order chi connectivity index (χ0) is 8.43. The minimum Gasteiger partial charge on any atom is -0.545 e. The van der Waals surface area contributed by atoms with E-state index in [1.165, 1.54) is 0 Å². The first-order chi connectivity index (χ1) is 5.15. The van der Waals surface area contributed by atoms with Gasteiger partial charge >= 0.3 is 0 Å². The van der Waals surface area contributed by atoms with Crippen molar-refractivity contribution in [1.29, 1.82) is 0 Å². The van der Waals surface area contributed by atoms with Crippen LogP contribution in [0.2, 0.25) is 0 Å². The lowest BCUT2D eigenvalue weighted by molar-refractivity contribution is -0.299. The Bertz CT molecular complexity index is 251. The monoisotopic (exact) mass is 153 g/mol. The number of carboxylic acids is 1. The average Bonchev–Trinajstić information content (AvgIpc) is 2.31. The molecule has 1 aliphatic rings. The van der Waals surface area contributed by atoms with Crippen LogP contribution in [0.4, 0.5) is 0 Å². The Balaban J connectivity index is 2.78. The highest BCUT2D eigenvalue weighted by atomic mass is 16.4. The Hall–Kier alpha value is -1.45. The molecule has 0 N–H and O–H groups in total. The number of allylic oxidation sites excluding steroid dienone is 1. The molecule has 0 fully saturated rings. The number of carboxylic acid groups (broad SMARTS) is 1. The number of ketones is 1. The fourth-order valence-corrected chi connectivity index (χ4v) is 0.933. The Labute approximate surface area is 62.5 Å². The summed E-state index contributed by atoms with van der Waals surface area (Å²) >= 11 is 0. The summed E-state index contributed by atoms with van der Waals surface area (Å²) in [6.45, 7) is 0. The van der Waals surface area contributed by atoms with E-state index in [-0.39, 0.29) is 12.0 Å². The minimum atomic E-state index is -1.37. The third kappa shape index (κ3) is 1.34. The third-order valence-corrected chi connectivity index (χ3v) is 1.55. The molecule has 0 amide bonds. The van der Waals surface area contributed by atoms with Crippen molar-refractivity contribution in [3.63, 3.8) is 0 Å². The maximum absolute atomic E-state index is 10.7. The van der Waals surface area contributed by atoms with Crippen molar-refractivity contribution in [3.8, 4) is 0 Å². The molecule has 0 aliphatic heterocycles. The molecule has 0 aromatic carbocycles. The molecule has 0 spiro atoms. The number of carbonyl (C=O) groups is 3. The van der Waals surface area contributed by atoms with E-state index >= 15 is 0 Å². The third-order valence-electron chi connectivity index (χ3n) is 1.55. The van der Waals surface area contributed by atoms with Crippen molar-refractivity contribution in [2.24, 2.45) is 5.92 Å². The predicted molar refractivity (Wildman–Crippen MR) is 32.3 cm³/mol. The zero-order valence-corrected chi connectivity index (χ0v) is 5.57. The molecule has 0 aromatic rings. The second kappa shape index (κ2) is 2.65. The molecular weight excluding hydrogens is 148 g/mol. The number of aliphatic carboxylic acids is 1. The summed E-state index contributed by atoms with van der Waals surface area (Å²) < 4.78 is 0. The highest BCUT2D eigenvalue weighted by Crippen LogP contribution is 2.19. The fourth-order valence-electron chi connectivity index (χ4n) is 0.933. The molecule has 1 rings (SSSR count). The van der Waals surface area contributed by atoms with Gasteiger partial charge in [-0.3, -0.25) is 4.79 Å². The van der Waals surface area contributed by atoms with Crippen LogP contribution in [0, 0.1) is 5.92 Å². The van der Waals surface area contributed by atoms with Gasteiger partial charge in [-0.1, -0.05) is 0 Å². The molecule has 1 unspecified atom stereocenters. The molecular formula is C7H5O4-. The molecule has 0 saturated carbocycles. The normalized spacial score (nSPS) is 23.1. The van der Waals surface area contributed by atoms with E-state index in [9.17, 15) is 19.5 Å². The number of hydrogen-bond acceptors (Lipinski definition) is 4. The average molecular weight is 153 g/mol. The molecule has 0 heterocycles. The van der Waals surface area contributed by atoms with Gasteiger partial charge in [0.05, 0.1) is 11.9 Å². The van der Waals surface area contributed by atoms with Crippen LogP contribution < -0.4 is 5.11 Å². The van der Waals surface area contributed by atoms with Crippen molar-refractivity contribution in [2.45, 2.75) is 6.42 Å². The molecule has 0 radical (unpaired) electrons. The van der Waals surface area contributed by atoms with Gasteiger partial charge in [0, 0.05) is 0 Å². The van der Waals surface area contributed by atoms with Gasteiger partial charge in [0.15, 0.2) is 5.78 Å². The summed E-state index contributed by atoms with van der Waals surface area (Å²) in [6.07, 6.45) is 1.38. The Morgan fingerprint density at radius 2 is 2.36 bits per heavy atom. The van der Waals surface area contributed by atoms with Gasteiger partial charge in [-0.25, -0.2) is 0 Å². The van der Waals surface area contributed by atoms with E-state index in [0.717, 1.165) is 6.08 Å². The molecule has 1 aliphatic carbocycles. The molecule has 0 aromatic heterocycles. The number of hydrogen-bond donors (Lipinski definition) is 0. The maximum atomic E-state index is 10.7. The first-order valence-corrected chi connectivity index (χ1v) is 3.06. The van der Waals surface area contributed by atoms with Gasteiger partial charge in [0.2, 0.25) is 0 Å². The minimum absolute atomic E-state index is 0.0231. The molecule has 58 valence electrons. The molecule has 0 bridgehead atoms. The highest BCUT2D eigenvalue weighted by molar-refractivity contribution is 6.09. The lowest BCUT2D eigenvalue weighted by Gasteiger charge is -2.00. The Morgan fingerprint density at radius 3 is 2.64 bits per heavy atom. The van der Waals surface area contributed by atoms with Gasteiger partial charge in [0.25, 0.3) is 0 Å². The van der Waals surface area contributed by atoms with E-state index in [0.29, 0.717) is 6.29 Å². The van der Waals surface area contributed by atoms with Crippen LogP contribution in [0.15, 0.2) is 11.6 Å². The molecule has 4 heteroatoms. The van der Waals surface area contributed by atoms with E-state index in [4.69, 9.17) is 0 Å². The topological polar surface area (TPSA) is 74.3 Å². The predicted octanol–water partition coefficient (Wildman–Crippen LogP) is -1.55. The van der Waals surface area contributed by atoms with Crippen LogP contribution in [-0.4, -0.2) is 18.0 Å². The largest absolute Gasteiger partial charge is 0.545 e. The van der Waals surface area contributed by atoms with Crippen LogP contribution in [0.5, 0.6) is 0 Å². The lowest BCUT2D eigenvalue weighted by atomic mass is 10.1. The molecule has 11 heavy (non-hydrogen) atoms. The summed E-state index contributed by atoms with van der Waals surface area (Å²) in [6, 6.07) is 0. The van der Waals surface area contributed by atoms with E-state index in [1.54, 1.807) is 0 Å². The SMILES string of the molecule is O=CC1CC(C(=O)[O-])=CC1=O. The summed E-state index contributed by atoms with van der Waals surface area (Å²) in [7, 11) is 0. The number of rotatable bonds is 2. The van der Waals surface area contributed by atoms with Crippen LogP contribution in [0.1, 0.15) is 6.42 Å². The van der Waals surface area contributed by atoms with E-state index in [1.807, 2.05) is 0 Å². The quantitative estimate of drug-likeness (QED) is 0.355. The summed E-state index contributed by atoms with van der Waals surface area (Å²) in [5, 5.41) is 10.2. The molecule has 0 saturated heterocycles. The number of aldehydes is 1. The summed E-state index contributed by atoms with van der Waals surface area (Å²) in [5.41, 5.74) is -0.0906. The molecule has 4 nitrogen and oxygen atoms in total. The van der Waals surface area contributed by atoms with Crippen molar-refractivity contribution in [2.75, 3.05) is 0 Å². The second-order valence-corrected chi connectivity index (χ2v) is 2.31. The van der Waals surface area contributed by atoms with Crippen LogP contribution in [-0.2, 0) is 14.4 Å². The fraction of sp³-hybridized carbons (Fsp3) is 0.286. The first-order valence-electron chi connectivity index (χ1n) is 3.06. The smallest absolute Gasteiger partial charge is 0.166 e. The second-order valence-electron chi connectivity index (χ2n) is 2.31. The van der Waals surface area contributed by atoms with Crippen molar-refractivity contribution in [3.05, 3.63) is 11.6 Å². The first kappa shape index (κ1) is 7.65. The zero-order valence-electron chi connectivity index (χ0n) is 5.57. The summed E-state index contributed by atoms with van der Waals surface area (Å²) in [5.74, 6) is -2.62. The van der Waals surface area contributed by atoms with Crippen molar-refractivity contribution < 1.29 is 19.5 Å². The Kier molecular flexibility index (Phi) is 1.85. The van der Waals surface area contributed by atoms with E-state index < -0.39 is 17.7 Å². The Morgan fingerprint density at radius 1 is 1.73 bits per heavy atom. The maximum Gasteiger partial charge on any atom is 0.166 e. The standard InChI is InChI=1S/C7H6O4/c8-3-5-1-4(7(10)11)2-6(5)9/h2-3,5H,1H2,(H,10,11)/p-1. The van der Waals surface area contributed by atoms with Gasteiger partial charge < -0.3 is 14.7 Å². The van der Waals surface area contributed by atoms with E-state index in [2.05, 4.69) is 0 Å².